The molecule has 104 valence electrons. The van der Waals surface area contributed by atoms with Gasteiger partial charge in [-0.2, -0.15) is 0 Å². The Bertz CT molecular complexity index is 434. The average molecular weight is 262 g/mol. The van der Waals surface area contributed by atoms with Crippen LogP contribution in [0.3, 0.4) is 0 Å². The molecule has 1 fully saturated rings. The number of nitrogens with zero attached hydrogens (tertiary/aromatic N) is 1. The smallest absolute Gasteiger partial charge is 0.222 e. The van der Waals surface area contributed by atoms with E-state index in [4.69, 9.17) is 10.5 Å². The number of para-hydroxylation sites is 1. The summed E-state index contributed by atoms with van der Waals surface area (Å²) >= 11 is 0. The van der Waals surface area contributed by atoms with Crippen molar-refractivity contribution in [1.82, 2.24) is 4.90 Å². The van der Waals surface area contributed by atoms with Crippen LogP contribution < -0.4 is 10.5 Å². The molecular weight excluding hydrogens is 240 g/mol. The predicted octanol–water partition coefficient (Wildman–Crippen LogP) is 1.75. The maximum atomic E-state index is 12.0. The van der Waals surface area contributed by atoms with Crippen molar-refractivity contribution >= 4 is 5.91 Å². The van der Waals surface area contributed by atoms with E-state index in [0.717, 1.165) is 31.7 Å². The van der Waals surface area contributed by atoms with E-state index in [0.29, 0.717) is 18.9 Å². The fourth-order valence-electron chi connectivity index (χ4n) is 2.66. The second kappa shape index (κ2) is 6.57. The summed E-state index contributed by atoms with van der Waals surface area (Å²) in [5.74, 6) is 1.53. The van der Waals surface area contributed by atoms with Crippen LogP contribution in [0.1, 0.15) is 30.7 Å². The zero-order chi connectivity index (χ0) is 13.7. The number of methoxy groups -OCH3 is 1. The topological polar surface area (TPSA) is 55.6 Å². The second-order valence-electron chi connectivity index (χ2n) is 4.96. The summed E-state index contributed by atoms with van der Waals surface area (Å²) < 4.78 is 5.40. The molecule has 1 aromatic rings. The number of hydrogen-bond donors (Lipinski definition) is 1. The van der Waals surface area contributed by atoms with Crippen LogP contribution >= 0.6 is 0 Å². The first-order valence-electron chi connectivity index (χ1n) is 6.87. The molecule has 1 heterocycles. The molecule has 1 aliphatic heterocycles. The van der Waals surface area contributed by atoms with Gasteiger partial charge in [-0.3, -0.25) is 4.79 Å². The zero-order valence-electron chi connectivity index (χ0n) is 11.5. The van der Waals surface area contributed by atoms with Gasteiger partial charge in [-0.25, -0.2) is 0 Å². The average Bonchev–Trinajstić information content (AvgIpc) is 2.94. The lowest BCUT2D eigenvalue weighted by atomic mass is 9.97. The van der Waals surface area contributed by atoms with E-state index in [9.17, 15) is 4.79 Å². The Kier molecular flexibility index (Phi) is 4.80. The van der Waals surface area contributed by atoms with Crippen molar-refractivity contribution < 1.29 is 9.53 Å². The molecule has 1 saturated heterocycles. The molecule has 0 radical (unpaired) electrons. The molecule has 0 aliphatic carbocycles. The van der Waals surface area contributed by atoms with Gasteiger partial charge in [0.25, 0.3) is 0 Å². The molecule has 1 amide bonds. The highest BCUT2D eigenvalue weighted by molar-refractivity contribution is 5.76. The SMILES string of the molecule is COc1ccccc1[C@@H]1CCN(C(=O)CCCN)C1. The number of nitrogens with two attached hydrogens (primary N) is 1. The third-order valence-corrected chi connectivity index (χ3v) is 3.71. The Morgan fingerprint density at radius 2 is 2.26 bits per heavy atom. The van der Waals surface area contributed by atoms with E-state index < -0.39 is 0 Å². The monoisotopic (exact) mass is 262 g/mol. The summed E-state index contributed by atoms with van der Waals surface area (Å²) in [6.07, 6.45) is 2.35. The molecule has 0 bridgehead atoms. The summed E-state index contributed by atoms with van der Waals surface area (Å²) in [6, 6.07) is 8.07. The molecule has 0 spiro atoms. The van der Waals surface area contributed by atoms with Gasteiger partial charge >= 0.3 is 0 Å². The molecular formula is C15H22N2O2. The molecule has 4 heteroatoms. The van der Waals surface area contributed by atoms with Gasteiger partial charge in [-0.15, -0.1) is 0 Å². The second-order valence-corrected chi connectivity index (χ2v) is 4.96. The van der Waals surface area contributed by atoms with Crippen LogP contribution in [-0.2, 0) is 4.79 Å². The zero-order valence-corrected chi connectivity index (χ0v) is 11.5. The van der Waals surface area contributed by atoms with Gasteiger partial charge in [-0.1, -0.05) is 18.2 Å². The summed E-state index contributed by atoms with van der Waals surface area (Å²) in [5, 5.41) is 0. The van der Waals surface area contributed by atoms with Gasteiger partial charge in [0.1, 0.15) is 5.75 Å². The van der Waals surface area contributed by atoms with E-state index in [2.05, 4.69) is 6.07 Å². The molecule has 0 aromatic heterocycles. The maximum absolute atomic E-state index is 12.0. The van der Waals surface area contributed by atoms with E-state index in [-0.39, 0.29) is 5.91 Å². The molecule has 2 rings (SSSR count). The molecule has 19 heavy (non-hydrogen) atoms. The van der Waals surface area contributed by atoms with E-state index >= 15 is 0 Å². The number of ether oxygens (including phenoxy) is 1. The Labute approximate surface area is 114 Å². The number of amides is 1. The van der Waals surface area contributed by atoms with Gasteiger partial charge in [0.2, 0.25) is 5.91 Å². The van der Waals surface area contributed by atoms with Crippen molar-refractivity contribution in [3.05, 3.63) is 29.8 Å². The fraction of sp³-hybridized carbons (Fsp3) is 0.533. The van der Waals surface area contributed by atoms with Crippen LogP contribution in [-0.4, -0.2) is 37.6 Å². The van der Waals surface area contributed by atoms with Gasteiger partial charge < -0.3 is 15.4 Å². The summed E-state index contributed by atoms with van der Waals surface area (Å²) in [4.78, 5) is 13.9. The Hall–Kier alpha value is -1.55. The summed E-state index contributed by atoms with van der Waals surface area (Å²) in [5.41, 5.74) is 6.65. The normalized spacial score (nSPS) is 18.6. The van der Waals surface area contributed by atoms with Crippen LogP contribution in [0, 0.1) is 0 Å². The van der Waals surface area contributed by atoms with Crippen molar-refractivity contribution in [2.24, 2.45) is 5.73 Å². The van der Waals surface area contributed by atoms with Crippen LogP contribution in [0.2, 0.25) is 0 Å². The van der Waals surface area contributed by atoms with Crippen LogP contribution in [0.15, 0.2) is 24.3 Å². The Balaban J connectivity index is 2.00. The van der Waals surface area contributed by atoms with Gasteiger partial charge in [0.15, 0.2) is 0 Å². The quantitative estimate of drug-likeness (QED) is 0.879. The Morgan fingerprint density at radius 1 is 1.47 bits per heavy atom. The minimum absolute atomic E-state index is 0.225. The highest BCUT2D eigenvalue weighted by Gasteiger charge is 2.28. The van der Waals surface area contributed by atoms with Crippen LogP contribution in [0.4, 0.5) is 0 Å². The highest BCUT2D eigenvalue weighted by atomic mass is 16.5. The number of carbonyl (C=O) groups excluding carboxylic acids is 1. The minimum atomic E-state index is 0.225. The third kappa shape index (κ3) is 3.26. The first-order chi connectivity index (χ1) is 9.26. The highest BCUT2D eigenvalue weighted by Crippen LogP contribution is 2.33. The predicted molar refractivity (Wildman–Crippen MR) is 75.2 cm³/mol. The van der Waals surface area contributed by atoms with Gasteiger partial charge in [0.05, 0.1) is 7.11 Å². The Morgan fingerprint density at radius 3 is 3.00 bits per heavy atom. The standard InChI is InChI=1S/C15H22N2O2/c1-19-14-6-3-2-5-13(14)12-8-10-17(11-12)15(18)7-4-9-16/h2-3,5-6,12H,4,7-11,16H2,1H3/t12-/m1/s1. The molecule has 0 unspecified atom stereocenters. The lowest BCUT2D eigenvalue weighted by Gasteiger charge is -2.17. The molecule has 1 aliphatic rings. The summed E-state index contributed by atoms with van der Waals surface area (Å²) in [6.45, 7) is 2.21. The van der Waals surface area contributed by atoms with Crippen LogP contribution in [0.25, 0.3) is 0 Å². The van der Waals surface area contributed by atoms with Crippen molar-refractivity contribution in [2.45, 2.75) is 25.2 Å². The van der Waals surface area contributed by atoms with Crippen molar-refractivity contribution in [1.29, 1.82) is 0 Å². The van der Waals surface area contributed by atoms with Crippen LogP contribution in [0.5, 0.6) is 5.75 Å². The summed E-state index contributed by atoms with van der Waals surface area (Å²) in [7, 11) is 1.69. The van der Waals surface area contributed by atoms with Crippen molar-refractivity contribution in [3.8, 4) is 5.75 Å². The number of likely N-dealkylation sites (tertiary alicyclic amines) is 1. The molecule has 0 saturated carbocycles. The fourth-order valence-corrected chi connectivity index (χ4v) is 2.66. The molecule has 4 nitrogen and oxygen atoms in total. The number of carbonyl (C=O) groups is 1. The van der Waals surface area contributed by atoms with E-state index in [1.54, 1.807) is 7.11 Å². The lowest BCUT2D eigenvalue weighted by molar-refractivity contribution is -0.130. The number of rotatable bonds is 5. The van der Waals surface area contributed by atoms with Gasteiger partial charge in [0, 0.05) is 25.4 Å². The number of hydrogen-bond acceptors (Lipinski definition) is 3. The molecule has 2 N–H and O–H groups in total. The number of benzene rings is 1. The largest absolute Gasteiger partial charge is 0.496 e. The van der Waals surface area contributed by atoms with E-state index in [1.807, 2.05) is 23.1 Å². The third-order valence-electron chi connectivity index (χ3n) is 3.71. The first kappa shape index (κ1) is 13.9. The lowest BCUT2D eigenvalue weighted by Crippen LogP contribution is -2.28. The maximum Gasteiger partial charge on any atom is 0.222 e. The van der Waals surface area contributed by atoms with Gasteiger partial charge in [-0.05, 0) is 31.0 Å². The molecule has 1 atom stereocenters. The van der Waals surface area contributed by atoms with E-state index in [1.165, 1.54) is 5.56 Å². The van der Waals surface area contributed by atoms with Crippen molar-refractivity contribution in [2.75, 3.05) is 26.7 Å². The first-order valence-corrected chi connectivity index (χ1v) is 6.87. The molecule has 1 aromatic carbocycles. The minimum Gasteiger partial charge on any atom is -0.496 e. The van der Waals surface area contributed by atoms with Crippen molar-refractivity contribution in [3.63, 3.8) is 0 Å².